The molecule has 0 bridgehead atoms. The standard InChI is InChI=1S/C14H17N3O2/c18-11-3-4-13-12(6-11)14(19)17(9-16-13)8-10-2-1-5-15-7-10/h3-4,6,9-10,15,18H,1-2,5,7-8H2. The van der Waals surface area contributed by atoms with E-state index in [0.717, 1.165) is 25.9 Å². The van der Waals surface area contributed by atoms with Crippen molar-refractivity contribution in [3.05, 3.63) is 34.9 Å². The van der Waals surface area contributed by atoms with Crippen molar-refractivity contribution in [2.45, 2.75) is 19.4 Å². The van der Waals surface area contributed by atoms with E-state index < -0.39 is 0 Å². The molecule has 1 aliphatic rings. The van der Waals surface area contributed by atoms with Gasteiger partial charge in [0.05, 0.1) is 17.2 Å². The van der Waals surface area contributed by atoms with Crippen molar-refractivity contribution in [2.24, 2.45) is 5.92 Å². The fourth-order valence-corrected chi connectivity index (χ4v) is 2.63. The summed E-state index contributed by atoms with van der Waals surface area (Å²) >= 11 is 0. The second-order valence-corrected chi connectivity index (χ2v) is 5.12. The number of phenolic OH excluding ortho intramolecular Hbond substituents is 1. The van der Waals surface area contributed by atoms with Crippen LogP contribution in [0.5, 0.6) is 5.75 Å². The number of benzene rings is 1. The minimum Gasteiger partial charge on any atom is -0.508 e. The first-order chi connectivity index (χ1) is 9.24. The molecular formula is C14H17N3O2. The van der Waals surface area contributed by atoms with Crippen molar-refractivity contribution in [2.75, 3.05) is 13.1 Å². The highest BCUT2D eigenvalue weighted by Crippen LogP contribution is 2.16. The molecule has 1 aromatic heterocycles. The maximum absolute atomic E-state index is 12.3. The van der Waals surface area contributed by atoms with E-state index in [9.17, 15) is 9.90 Å². The van der Waals surface area contributed by atoms with E-state index in [1.807, 2.05) is 0 Å². The molecule has 0 radical (unpaired) electrons. The molecule has 1 atom stereocenters. The van der Waals surface area contributed by atoms with Crippen molar-refractivity contribution in [3.8, 4) is 5.75 Å². The first-order valence-corrected chi connectivity index (χ1v) is 6.63. The van der Waals surface area contributed by atoms with Gasteiger partial charge in [-0.05, 0) is 50.0 Å². The largest absolute Gasteiger partial charge is 0.508 e. The maximum Gasteiger partial charge on any atom is 0.261 e. The SMILES string of the molecule is O=c1c2cc(O)ccc2ncn1CC1CCCNC1. The van der Waals surface area contributed by atoms with Crippen LogP contribution in [0, 0.1) is 5.92 Å². The van der Waals surface area contributed by atoms with Crippen LogP contribution in [0.25, 0.3) is 10.9 Å². The van der Waals surface area contributed by atoms with Crippen LogP contribution in [-0.4, -0.2) is 27.7 Å². The third-order valence-electron chi connectivity index (χ3n) is 3.66. The van der Waals surface area contributed by atoms with Gasteiger partial charge in [0.15, 0.2) is 0 Å². The van der Waals surface area contributed by atoms with Gasteiger partial charge in [-0.3, -0.25) is 9.36 Å². The monoisotopic (exact) mass is 259 g/mol. The van der Waals surface area contributed by atoms with Crippen LogP contribution in [0.1, 0.15) is 12.8 Å². The lowest BCUT2D eigenvalue weighted by Gasteiger charge is -2.23. The molecule has 5 nitrogen and oxygen atoms in total. The summed E-state index contributed by atoms with van der Waals surface area (Å²) in [4.78, 5) is 16.6. The van der Waals surface area contributed by atoms with Gasteiger partial charge in [0.25, 0.3) is 5.56 Å². The van der Waals surface area contributed by atoms with Crippen LogP contribution in [0.4, 0.5) is 0 Å². The molecule has 3 rings (SSSR count). The molecule has 100 valence electrons. The van der Waals surface area contributed by atoms with E-state index in [4.69, 9.17) is 0 Å². The zero-order valence-corrected chi connectivity index (χ0v) is 10.7. The lowest BCUT2D eigenvalue weighted by Crippen LogP contribution is -2.34. The Hall–Kier alpha value is -1.88. The fourth-order valence-electron chi connectivity index (χ4n) is 2.63. The van der Waals surface area contributed by atoms with Crippen LogP contribution in [0.3, 0.4) is 0 Å². The molecular weight excluding hydrogens is 242 g/mol. The average Bonchev–Trinajstić information content (AvgIpc) is 2.44. The molecule has 2 N–H and O–H groups in total. The summed E-state index contributed by atoms with van der Waals surface area (Å²) in [6.07, 6.45) is 3.90. The smallest absolute Gasteiger partial charge is 0.261 e. The van der Waals surface area contributed by atoms with Crippen molar-refractivity contribution < 1.29 is 5.11 Å². The van der Waals surface area contributed by atoms with Crippen LogP contribution in [0.15, 0.2) is 29.3 Å². The van der Waals surface area contributed by atoms with E-state index in [-0.39, 0.29) is 11.3 Å². The van der Waals surface area contributed by atoms with Crippen molar-refractivity contribution in [3.63, 3.8) is 0 Å². The minimum absolute atomic E-state index is 0.0773. The highest BCUT2D eigenvalue weighted by molar-refractivity contribution is 5.78. The predicted octanol–water partition coefficient (Wildman–Crippen LogP) is 1.10. The number of aromatic hydroxyl groups is 1. The summed E-state index contributed by atoms with van der Waals surface area (Å²) in [5.41, 5.74) is 0.548. The summed E-state index contributed by atoms with van der Waals surface area (Å²) in [5, 5.41) is 13.3. The summed E-state index contributed by atoms with van der Waals surface area (Å²) in [7, 11) is 0. The molecule has 2 aromatic rings. The Balaban J connectivity index is 1.95. The zero-order valence-electron chi connectivity index (χ0n) is 10.7. The number of rotatable bonds is 2. The number of fused-ring (bicyclic) bond motifs is 1. The molecule has 0 saturated carbocycles. The molecule has 0 spiro atoms. The van der Waals surface area contributed by atoms with Crippen LogP contribution >= 0.6 is 0 Å². The third-order valence-corrected chi connectivity index (χ3v) is 3.66. The molecule has 0 amide bonds. The maximum atomic E-state index is 12.3. The van der Waals surface area contributed by atoms with Gasteiger partial charge < -0.3 is 10.4 Å². The van der Waals surface area contributed by atoms with Crippen molar-refractivity contribution in [1.82, 2.24) is 14.9 Å². The lowest BCUT2D eigenvalue weighted by atomic mass is 10.00. The quantitative estimate of drug-likeness (QED) is 0.847. The minimum atomic E-state index is -0.0773. The Morgan fingerprint density at radius 1 is 1.47 bits per heavy atom. The van der Waals surface area contributed by atoms with E-state index in [2.05, 4.69) is 10.3 Å². The Morgan fingerprint density at radius 2 is 2.37 bits per heavy atom. The molecule has 0 aliphatic carbocycles. The van der Waals surface area contributed by atoms with Gasteiger partial charge in [0.1, 0.15) is 5.75 Å². The van der Waals surface area contributed by atoms with Crippen LogP contribution < -0.4 is 10.9 Å². The fraction of sp³-hybridized carbons (Fsp3) is 0.429. The van der Waals surface area contributed by atoms with Gasteiger partial charge in [-0.2, -0.15) is 0 Å². The summed E-state index contributed by atoms with van der Waals surface area (Å²) in [6.45, 7) is 2.70. The second-order valence-electron chi connectivity index (χ2n) is 5.12. The van der Waals surface area contributed by atoms with E-state index >= 15 is 0 Å². The Bertz CT molecular complexity index is 645. The summed E-state index contributed by atoms with van der Waals surface area (Å²) in [6, 6.07) is 4.70. The van der Waals surface area contributed by atoms with Crippen LogP contribution in [-0.2, 0) is 6.54 Å². The average molecular weight is 259 g/mol. The highest BCUT2D eigenvalue weighted by Gasteiger charge is 2.15. The van der Waals surface area contributed by atoms with Gasteiger partial charge in [0.2, 0.25) is 0 Å². The molecule has 1 saturated heterocycles. The van der Waals surface area contributed by atoms with E-state index in [0.29, 0.717) is 23.4 Å². The van der Waals surface area contributed by atoms with Crippen molar-refractivity contribution >= 4 is 10.9 Å². The molecule has 1 unspecified atom stereocenters. The first kappa shape index (κ1) is 12.2. The normalized spacial score (nSPS) is 19.7. The van der Waals surface area contributed by atoms with Gasteiger partial charge in [0, 0.05) is 6.54 Å². The Morgan fingerprint density at radius 3 is 3.16 bits per heavy atom. The molecule has 1 fully saturated rings. The Kier molecular flexibility index (Phi) is 3.21. The van der Waals surface area contributed by atoms with Gasteiger partial charge in [-0.25, -0.2) is 4.98 Å². The number of piperidine rings is 1. The highest BCUT2D eigenvalue weighted by atomic mass is 16.3. The first-order valence-electron chi connectivity index (χ1n) is 6.63. The van der Waals surface area contributed by atoms with Crippen LogP contribution in [0.2, 0.25) is 0 Å². The van der Waals surface area contributed by atoms with E-state index in [1.54, 1.807) is 23.0 Å². The Labute approximate surface area is 110 Å². The molecule has 1 aliphatic heterocycles. The second kappa shape index (κ2) is 5.01. The molecule has 5 heteroatoms. The third kappa shape index (κ3) is 2.46. The van der Waals surface area contributed by atoms with Gasteiger partial charge >= 0.3 is 0 Å². The number of nitrogens with one attached hydrogen (secondary N) is 1. The number of phenols is 1. The molecule has 1 aromatic carbocycles. The topological polar surface area (TPSA) is 67.1 Å². The van der Waals surface area contributed by atoms with Crippen molar-refractivity contribution in [1.29, 1.82) is 0 Å². The zero-order chi connectivity index (χ0) is 13.2. The van der Waals surface area contributed by atoms with Gasteiger partial charge in [-0.15, -0.1) is 0 Å². The van der Waals surface area contributed by atoms with Gasteiger partial charge in [-0.1, -0.05) is 0 Å². The van der Waals surface area contributed by atoms with E-state index in [1.165, 1.54) is 6.07 Å². The molecule has 2 heterocycles. The summed E-state index contributed by atoms with van der Waals surface area (Å²) in [5.74, 6) is 0.575. The summed E-state index contributed by atoms with van der Waals surface area (Å²) < 4.78 is 1.65. The number of hydrogen-bond donors (Lipinski definition) is 2. The number of nitrogens with zero attached hydrogens (tertiary/aromatic N) is 2. The molecule has 19 heavy (non-hydrogen) atoms. The predicted molar refractivity (Wildman–Crippen MR) is 73.3 cm³/mol. The number of aromatic nitrogens is 2. The lowest BCUT2D eigenvalue weighted by molar-refractivity contribution is 0.333. The number of hydrogen-bond acceptors (Lipinski definition) is 4.